The number of aromatic amines is 2. The maximum Gasteiger partial charge on any atom is 0.417 e. The third-order valence-electron chi connectivity index (χ3n) is 14.4. The van der Waals surface area contributed by atoms with E-state index in [-0.39, 0.29) is 23.5 Å². The number of anilines is 2. The van der Waals surface area contributed by atoms with Gasteiger partial charge in [-0.1, -0.05) is 22.0 Å². The van der Waals surface area contributed by atoms with Crippen LogP contribution in [0, 0.1) is 27.7 Å². The van der Waals surface area contributed by atoms with Gasteiger partial charge >= 0.3 is 12.4 Å². The van der Waals surface area contributed by atoms with E-state index in [0.717, 1.165) is 91.2 Å². The Balaban J connectivity index is 0.000000238. The van der Waals surface area contributed by atoms with E-state index >= 15 is 0 Å². The molecule has 0 spiro atoms. The number of hydrogen-bond donors (Lipinski definition) is 4. The largest absolute Gasteiger partial charge is 0.417 e. The summed E-state index contributed by atoms with van der Waals surface area (Å²) in [4.78, 5) is 67.7. The van der Waals surface area contributed by atoms with Gasteiger partial charge in [0.2, 0.25) is 0 Å². The van der Waals surface area contributed by atoms with Crippen LogP contribution in [0.1, 0.15) is 111 Å². The number of morpholine rings is 1. The second kappa shape index (κ2) is 26.3. The lowest BCUT2D eigenvalue weighted by Crippen LogP contribution is -2.40. The molecule has 3 saturated heterocycles. The number of nitrogens with zero attached hydrogens (tertiary/aromatic N) is 4. The van der Waals surface area contributed by atoms with Crippen LogP contribution in [0.25, 0.3) is 11.1 Å². The van der Waals surface area contributed by atoms with Crippen molar-refractivity contribution in [2.45, 2.75) is 111 Å². The predicted molar refractivity (Wildman–Crippen MR) is 289 cm³/mol. The van der Waals surface area contributed by atoms with Crippen molar-refractivity contribution in [2.24, 2.45) is 0 Å². The number of hydrogen-bond acceptors (Lipinski definition) is 11. The highest BCUT2D eigenvalue weighted by molar-refractivity contribution is 9.10. The Hall–Kier alpha value is -6.07. The van der Waals surface area contributed by atoms with Gasteiger partial charge in [-0.15, -0.1) is 0 Å². The van der Waals surface area contributed by atoms with Crippen molar-refractivity contribution in [2.75, 3.05) is 75.6 Å². The quantitative estimate of drug-likeness (QED) is 0.0736. The first-order valence-corrected chi connectivity index (χ1v) is 26.9. The number of carbonyl (C=O) groups excluding carboxylic acids is 2. The van der Waals surface area contributed by atoms with Gasteiger partial charge in [-0.25, -0.2) is 0 Å². The number of benzene rings is 2. The molecule has 6 heterocycles. The molecule has 8 rings (SSSR count). The number of nitrogens with one attached hydrogen (secondary N) is 4. The third kappa shape index (κ3) is 14.8. The van der Waals surface area contributed by atoms with Crippen molar-refractivity contribution < 1.29 is 50.1 Å². The standard InChI is InChI=1S/C33H40F3N5O4.C23H27BrF3N3O3/c1-4-41(26-7-11-44-12-8-26)30-17-24(23-5-6-25(37-18-23)20-40-9-13-45-14-10-40)16-27(22(30)3)31(42)38-19-28-29(33(34,35)36)15-21(2)39-32(28)43;1-4-30(16-5-7-33-8-6-16)20-11-15(24)10-17(14(20)3)21(31)28-12-18-19(23(25,26)27)9-13(2)29-22(18)32/h5-6,15-18,26H,4,7-14,19-20H2,1-3H3,(H,38,42)(H,39,43);9-11,16H,4-8,12H2,1-3H3,(H,28,31)(H,29,32). The van der Waals surface area contributed by atoms with E-state index in [0.29, 0.717) is 73.9 Å². The molecule has 3 aliphatic rings. The topological polar surface area (TPSA) is 174 Å². The van der Waals surface area contributed by atoms with E-state index in [2.05, 4.69) is 64.2 Å². The summed E-state index contributed by atoms with van der Waals surface area (Å²) in [5.41, 5.74) is 1.61. The first kappa shape index (κ1) is 59.6. The molecule has 0 aliphatic carbocycles. The molecule has 3 fully saturated rings. The Morgan fingerprint density at radius 2 is 1.10 bits per heavy atom. The van der Waals surface area contributed by atoms with Crippen LogP contribution in [0.2, 0.25) is 0 Å². The highest BCUT2D eigenvalue weighted by atomic mass is 79.9. The minimum absolute atomic E-state index is 0.0907. The first-order valence-electron chi connectivity index (χ1n) is 26.1. The minimum Gasteiger partial charge on any atom is -0.381 e. The van der Waals surface area contributed by atoms with Gasteiger partial charge in [-0.05, 0) is 126 Å². The molecule has 3 aliphatic heterocycles. The van der Waals surface area contributed by atoms with Crippen molar-refractivity contribution in [1.82, 2.24) is 30.5 Å². The summed E-state index contributed by atoms with van der Waals surface area (Å²) >= 11 is 3.46. The molecule has 0 bridgehead atoms. The maximum atomic E-state index is 13.8. The van der Waals surface area contributed by atoms with E-state index in [1.165, 1.54) is 13.8 Å². The fourth-order valence-corrected chi connectivity index (χ4v) is 10.8. The van der Waals surface area contributed by atoms with Gasteiger partial charge in [0.25, 0.3) is 22.9 Å². The van der Waals surface area contributed by atoms with Gasteiger partial charge in [0.05, 0.1) is 30.0 Å². The number of aromatic nitrogens is 3. The summed E-state index contributed by atoms with van der Waals surface area (Å²) in [6.07, 6.45) is -4.23. The monoisotopic (exact) mass is 1160 g/mol. The average Bonchev–Trinajstić information content (AvgIpc) is 3.44. The second-order valence-corrected chi connectivity index (χ2v) is 20.6. The molecule has 5 aromatic rings. The molecule has 78 heavy (non-hydrogen) atoms. The van der Waals surface area contributed by atoms with Crippen LogP contribution in [0.4, 0.5) is 37.7 Å². The summed E-state index contributed by atoms with van der Waals surface area (Å²) in [5, 5.41) is 5.10. The molecular formula is C56H67BrF6N8O7. The second-order valence-electron chi connectivity index (χ2n) is 19.7. The van der Waals surface area contributed by atoms with E-state index in [1.54, 1.807) is 18.3 Å². The van der Waals surface area contributed by atoms with E-state index in [4.69, 9.17) is 19.2 Å². The Kier molecular flexibility index (Phi) is 20.1. The number of aryl methyl sites for hydroxylation is 2. The van der Waals surface area contributed by atoms with Crippen LogP contribution < -0.4 is 31.6 Å². The summed E-state index contributed by atoms with van der Waals surface area (Å²) in [6.45, 7) is 17.3. The zero-order chi connectivity index (χ0) is 56.5. The fraction of sp³-hybridized carbons (Fsp3) is 0.482. The van der Waals surface area contributed by atoms with Crippen LogP contribution in [-0.2, 0) is 46.2 Å². The molecule has 0 atom stereocenters. The Bertz CT molecular complexity index is 3020. The molecule has 0 radical (unpaired) electrons. The van der Waals surface area contributed by atoms with Crippen molar-refractivity contribution in [3.05, 3.63) is 141 Å². The van der Waals surface area contributed by atoms with Crippen molar-refractivity contribution in [3.63, 3.8) is 0 Å². The van der Waals surface area contributed by atoms with Crippen LogP contribution >= 0.6 is 15.9 Å². The normalized spacial score (nSPS) is 15.8. The lowest BCUT2D eigenvalue weighted by Gasteiger charge is -2.37. The maximum absolute atomic E-state index is 13.8. The van der Waals surface area contributed by atoms with Gasteiger partial charge in [0.1, 0.15) is 0 Å². The SMILES string of the molecule is CCN(c1cc(-c2ccc(CN3CCOCC3)nc2)cc(C(=O)NCc2c(C(F)(F)F)cc(C)[nH]c2=O)c1C)C1CCOCC1.CCN(c1cc(Br)cc(C(=O)NCc2c(C(F)(F)F)cc(C)[nH]c2=O)c1C)C1CCOCC1. The summed E-state index contributed by atoms with van der Waals surface area (Å²) < 4.78 is 98.9. The number of alkyl halides is 6. The van der Waals surface area contributed by atoms with E-state index in [9.17, 15) is 45.5 Å². The molecule has 2 aromatic carbocycles. The Morgan fingerprint density at radius 1 is 0.654 bits per heavy atom. The summed E-state index contributed by atoms with van der Waals surface area (Å²) in [5.74, 6) is -1.12. The van der Waals surface area contributed by atoms with Crippen LogP contribution in [-0.4, -0.2) is 110 Å². The van der Waals surface area contributed by atoms with Crippen molar-refractivity contribution in [1.29, 1.82) is 0 Å². The fourth-order valence-electron chi connectivity index (χ4n) is 10.3. The van der Waals surface area contributed by atoms with E-state index < -0.39 is 70.6 Å². The third-order valence-corrected chi connectivity index (χ3v) is 14.9. The molecule has 15 nitrogen and oxygen atoms in total. The number of carbonyl (C=O) groups is 2. The summed E-state index contributed by atoms with van der Waals surface area (Å²) in [6, 6.07) is 13.6. The zero-order valence-corrected chi connectivity index (χ0v) is 46.3. The minimum atomic E-state index is -4.74. The number of pyridine rings is 3. The number of amides is 2. The molecule has 422 valence electrons. The Labute approximate surface area is 457 Å². The van der Waals surface area contributed by atoms with E-state index in [1.807, 2.05) is 39.0 Å². The van der Waals surface area contributed by atoms with Crippen LogP contribution in [0.15, 0.2) is 68.8 Å². The molecule has 0 unspecified atom stereocenters. The highest BCUT2D eigenvalue weighted by Gasteiger charge is 2.37. The lowest BCUT2D eigenvalue weighted by molar-refractivity contribution is -0.139. The van der Waals surface area contributed by atoms with Gasteiger partial charge in [-0.3, -0.25) is 29.1 Å². The number of H-pyrrole nitrogens is 2. The molecule has 2 amide bonds. The van der Waals surface area contributed by atoms with Crippen LogP contribution in [0.5, 0.6) is 0 Å². The smallest absolute Gasteiger partial charge is 0.381 e. The van der Waals surface area contributed by atoms with Crippen molar-refractivity contribution in [3.8, 4) is 11.1 Å². The molecule has 22 heteroatoms. The zero-order valence-electron chi connectivity index (χ0n) is 44.7. The van der Waals surface area contributed by atoms with Gasteiger partial charge in [0, 0.05) is 146 Å². The average molecular weight is 1160 g/mol. The number of halogens is 7. The molecule has 4 N–H and O–H groups in total. The molecule has 3 aromatic heterocycles. The van der Waals surface area contributed by atoms with Gasteiger partial charge < -0.3 is 44.6 Å². The lowest BCUT2D eigenvalue weighted by atomic mass is 9.95. The first-order chi connectivity index (χ1) is 37.1. The van der Waals surface area contributed by atoms with Crippen LogP contribution in [0.3, 0.4) is 0 Å². The van der Waals surface area contributed by atoms with Crippen molar-refractivity contribution >= 4 is 39.1 Å². The Morgan fingerprint density at radius 3 is 1.54 bits per heavy atom. The number of rotatable bonds is 15. The molecule has 0 saturated carbocycles. The highest BCUT2D eigenvalue weighted by Crippen LogP contribution is 2.36. The van der Waals surface area contributed by atoms with Gasteiger partial charge in [-0.2, -0.15) is 26.3 Å². The van der Waals surface area contributed by atoms with Gasteiger partial charge in [0.15, 0.2) is 0 Å². The predicted octanol–water partition coefficient (Wildman–Crippen LogP) is 9.55. The number of ether oxygens (including phenoxy) is 3. The summed E-state index contributed by atoms with van der Waals surface area (Å²) in [7, 11) is 0. The molecular weight excluding hydrogens is 1090 g/mol.